The van der Waals surface area contributed by atoms with Gasteiger partial charge in [-0.15, -0.1) is 0 Å². The molecule has 0 saturated carbocycles. The molecule has 3 rings (SSSR count). The third-order valence-electron chi connectivity index (χ3n) is 3.80. The van der Waals surface area contributed by atoms with Crippen LogP contribution in [0.1, 0.15) is 11.1 Å². The summed E-state index contributed by atoms with van der Waals surface area (Å²) in [5.74, 6) is 0.297. The smallest absolute Gasteiger partial charge is 0.232 e. The molecule has 0 aliphatic rings. The topological polar surface area (TPSA) is 45.9 Å². The van der Waals surface area contributed by atoms with Crippen molar-refractivity contribution < 1.29 is 4.74 Å². The number of hydrogen-bond donors (Lipinski definition) is 0. The lowest BCUT2D eigenvalue weighted by Gasteiger charge is -2.12. The fourth-order valence-corrected chi connectivity index (χ4v) is 2.78. The van der Waals surface area contributed by atoms with Crippen molar-refractivity contribution in [3.63, 3.8) is 0 Å². The maximum atomic E-state index is 9.57. The highest BCUT2D eigenvalue weighted by Crippen LogP contribution is 2.35. The molecule has 0 unspecified atom stereocenters. The summed E-state index contributed by atoms with van der Waals surface area (Å²) < 4.78 is 5.35. The first kappa shape index (κ1) is 16.0. The van der Waals surface area contributed by atoms with Gasteiger partial charge >= 0.3 is 0 Å². The molecule has 0 amide bonds. The van der Waals surface area contributed by atoms with E-state index in [9.17, 15) is 5.26 Å². The Labute approximate surface area is 146 Å². The van der Waals surface area contributed by atoms with E-state index in [0.717, 1.165) is 22.3 Å². The maximum Gasteiger partial charge on any atom is 0.232 e. The number of rotatable bonds is 3. The second kappa shape index (κ2) is 6.74. The van der Waals surface area contributed by atoms with Crippen LogP contribution in [0.3, 0.4) is 0 Å². The number of nitriles is 1. The molecule has 2 aromatic carbocycles. The lowest BCUT2D eigenvalue weighted by Crippen LogP contribution is -1.98. The molecule has 0 N–H and O–H groups in total. The Morgan fingerprint density at radius 3 is 2.38 bits per heavy atom. The van der Waals surface area contributed by atoms with E-state index >= 15 is 0 Å². The maximum absolute atomic E-state index is 9.57. The molecule has 0 spiro atoms. The van der Waals surface area contributed by atoms with Crippen LogP contribution in [0.4, 0.5) is 0 Å². The van der Waals surface area contributed by atoms with Crippen LogP contribution in [0.25, 0.3) is 22.4 Å². The van der Waals surface area contributed by atoms with Crippen LogP contribution >= 0.6 is 11.6 Å². The number of aryl methyl sites for hydroxylation is 1. The van der Waals surface area contributed by atoms with Crippen molar-refractivity contribution in [2.24, 2.45) is 0 Å². The number of halogens is 1. The molecule has 1 aromatic heterocycles. The molecule has 0 radical (unpaired) electrons. The third kappa shape index (κ3) is 2.97. The first-order valence-corrected chi connectivity index (χ1v) is 7.83. The van der Waals surface area contributed by atoms with E-state index in [1.165, 1.54) is 7.11 Å². The number of ether oxygens (including phenoxy) is 1. The van der Waals surface area contributed by atoms with E-state index in [1.54, 1.807) is 0 Å². The van der Waals surface area contributed by atoms with Crippen LogP contribution in [0, 0.1) is 18.3 Å². The van der Waals surface area contributed by atoms with Gasteiger partial charge in [0.2, 0.25) is 5.88 Å². The Kier molecular flexibility index (Phi) is 4.50. The van der Waals surface area contributed by atoms with Crippen LogP contribution in [0.5, 0.6) is 5.88 Å². The summed E-state index contributed by atoms with van der Waals surface area (Å²) in [5.41, 5.74) is 4.76. The van der Waals surface area contributed by atoms with Crippen LogP contribution in [0.15, 0.2) is 54.6 Å². The van der Waals surface area contributed by atoms with Gasteiger partial charge < -0.3 is 4.74 Å². The molecule has 0 atom stereocenters. The number of methoxy groups -OCH3 is 1. The highest BCUT2D eigenvalue weighted by molar-refractivity contribution is 6.33. The monoisotopic (exact) mass is 334 g/mol. The van der Waals surface area contributed by atoms with Gasteiger partial charge in [0.1, 0.15) is 11.6 Å². The Morgan fingerprint density at radius 1 is 1.04 bits per heavy atom. The van der Waals surface area contributed by atoms with Crippen molar-refractivity contribution in [2.75, 3.05) is 7.11 Å². The minimum Gasteiger partial charge on any atom is -0.480 e. The zero-order chi connectivity index (χ0) is 17.1. The Morgan fingerprint density at radius 2 is 1.75 bits per heavy atom. The van der Waals surface area contributed by atoms with Gasteiger partial charge in [-0.3, -0.25) is 0 Å². The summed E-state index contributed by atoms with van der Waals surface area (Å²) in [6.45, 7) is 2.03. The zero-order valence-electron chi connectivity index (χ0n) is 13.4. The minimum atomic E-state index is 0.297. The Balaban J connectivity index is 2.28. The zero-order valence-corrected chi connectivity index (χ0v) is 14.1. The quantitative estimate of drug-likeness (QED) is 0.656. The molecule has 0 saturated heterocycles. The molecule has 0 aliphatic carbocycles. The first-order chi connectivity index (χ1) is 11.6. The normalized spacial score (nSPS) is 10.2. The van der Waals surface area contributed by atoms with E-state index in [-0.39, 0.29) is 0 Å². The van der Waals surface area contributed by atoms with Gasteiger partial charge in [-0.1, -0.05) is 59.6 Å². The molecule has 3 aromatic rings. The van der Waals surface area contributed by atoms with Gasteiger partial charge in [0, 0.05) is 16.1 Å². The fraction of sp³-hybridized carbons (Fsp3) is 0.100. The highest BCUT2D eigenvalue weighted by Gasteiger charge is 2.16. The standard InChI is InChI=1S/C20H15ClN2O/c1-13-7-9-14(10-8-13)16-11-19(15-5-3-4-6-18(15)21)23-20(24-2)17(16)12-22/h3-11H,1-2H3. The van der Waals surface area contributed by atoms with Crippen molar-refractivity contribution in [1.29, 1.82) is 5.26 Å². The minimum absolute atomic E-state index is 0.297. The van der Waals surface area contributed by atoms with Gasteiger partial charge in [-0.2, -0.15) is 5.26 Å². The average molecular weight is 335 g/mol. The summed E-state index contributed by atoms with van der Waals surface area (Å²) in [7, 11) is 1.51. The lowest BCUT2D eigenvalue weighted by molar-refractivity contribution is 0.397. The van der Waals surface area contributed by atoms with Gasteiger partial charge in [0.15, 0.2) is 0 Å². The summed E-state index contributed by atoms with van der Waals surface area (Å²) in [4.78, 5) is 4.47. The van der Waals surface area contributed by atoms with Crippen molar-refractivity contribution in [3.05, 3.63) is 70.7 Å². The van der Waals surface area contributed by atoms with Crippen LogP contribution in [0.2, 0.25) is 5.02 Å². The second-order valence-corrected chi connectivity index (χ2v) is 5.80. The molecule has 1 heterocycles. The van der Waals surface area contributed by atoms with Crippen molar-refractivity contribution >= 4 is 11.6 Å². The van der Waals surface area contributed by atoms with E-state index in [1.807, 2.05) is 61.5 Å². The number of aromatic nitrogens is 1. The van der Waals surface area contributed by atoms with Gasteiger partial charge in [-0.25, -0.2) is 4.98 Å². The number of pyridine rings is 1. The molecule has 0 aliphatic heterocycles. The van der Waals surface area contributed by atoms with E-state index < -0.39 is 0 Å². The summed E-state index contributed by atoms with van der Waals surface area (Å²) in [6.07, 6.45) is 0. The van der Waals surface area contributed by atoms with E-state index in [4.69, 9.17) is 16.3 Å². The van der Waals surface area contributed by atoms with Crippen molar-refractivity contribution in [2.45, 2.75) is 6.92 Å². The first-order valence-electron chi connectivity index (χ1n) is 7.45. The predicted octanol–water partition coefficient (Wildman–Crippen LogP) is 5.26. The van der Waals surface area contributed by atoms with E-state index in [2.05, 4.69) is 11.1 Å². The van der Waals surface area contributed by atoms with Gasteiger partial charge in [0.25, 0.3) is 0 Å². The van der Waals surface area contributed by atoms with Gasteiger partial charge in [-0.05, 0) is 24.6 Å². The third-order valence-corrected chi connectivity index (χ3v) is 4.13. The second-order valence-electron chi connectivity index (χ2n) is 5.40. The summed E-state index contributed by atoms with van der Waals surface area (Å²) in [6, 6.07) is 19.6. The SMILES string of the molecule is COc1nc(-c2ccccc2Cl)cc(-c2ccc(C)cc2)c1C#N. The van der Waals surface area contributed by atoms with E-state index in [0.29, 0.717) is 22.2 Å². The van der Waals surface area contributed by atoms with Crippen molar-refractivity contribution in [1.82, 2.24) is 4.98 Å². The highest BCUT2D eigenvalue weighted by atomic mass is 35.5. The Bertz CT molecular complexity index is 927. The fourth-order valence-electron chi connectivity index (χ4n) is 2.55. The van der Waals surface area contributed by atoms with Crippen molar-refractivity contribution in [3.8, 4) is 34.3 Å². The molecule has 0 fully saturated rings. The molecule has 0 bridgehead atoms. The summed E-state index contributed by atoms with van der Waals surface area (Å²) in [5, 5.41) is 10.2. The molecular formula is C20H15ClN2O. The van der Waals surface area contributed by atoms with Crippen LogP contribution in [-0.2, 0) is 0 Å². The van der Waals surface area contributed by atoms with Crippen LogP contribution < -0.4 is 4.74 Å². The Hall–Kier alpha value is -2.83. The number of benzene rings is 2. The molecule has 4 heteroatoms. The number of hydrogen-bond acceptors (Lipinski definition) is 3. The van der Waals surface area contributed by atoms with Gasteiger partial charge in [0.05, 0.1) is 12.8 Å². The molecule has 118 valence electrons. The average Bonchev–Trinajstić information content (AvgIpc) is 2.61. The molecule has 3 nitrogen and oxygen atoms in total. The predicted molar refractivity (Wildman–Crippen MR) is 96.1 cm³/mol. The summed E-state index contributed by atoms with van der Waals surface area (Å²) >= 11 is 6.30. The van der Waals surface area contributed by atoms with Crippen LogP contribution in [-0.4, -0.2) is 12.1 Å². The molecular weight excluding hydrogens is 320 g/mol. The molecule has 24 heavy (non-hydrogen) atoms. The largest absolute Gasteiger partial charge is 0.480 e. The number of nitrogens with zero attached hydrogens (tertiary/aromatic N) is 2. The lowest BCUT2D eigenvalue weighted by atomic mass is 9.98.